The Morgan fingerprint density at radius 3 is 2.57 bits per heavy atom. The minimum absolute atomic E-state index is 0.206. The second-order valence-electron chi connectivity index (χ2n) is 4.75. The maximum atomic E-state index is 5.53. The van der Waals surface area contributed by atoms with Crippen LogP contribution in [0.15, 0.2) is 29.0 Å². The Kier molecular flexibility index (Phi) is 4.98. The highest BCUT2D eigenvalue weighted by molar-refractivity contribution is 9.10. The highest BCUT2D eigenvalue weighted by atomic mass is 79.9. The smallest absolute Gasteiger partial charge is 0.148 e. The monoisotopic (exact) mass is 351 g/mol. The quantitative estimate of drug-likeness (QED) is 0.565. The van der Waals surface area contributed by atoms with Crippen LogP contribution in [0.1, 0.15) is 25.3 Å². The van der Waals surface area contributed by atoms with E-state index in [4.69, 9.17) is 10.6 Å². The molecule has 0 aliphatic carbocycles. The van der Waals surface area contributed by atoms with E-state index in [-0.39, 0.29) is 5.92 Å². The number of ether oxygens (including phenoxy) is 1. The first-order valence-corrected chi connectivity index (χ1v) is 7.28. The Morgan fingerprint density at radius 1 is 1.24 bits per heavy atom. The fraction of sp³-hybridized carbons (Fsp3) is 0.286. The molecule has 0 fully saturated rings. The van der Waals surface area contributed by atoms with Crippen LogP contribution in [0.5, 0.6) is 5.75 Å². The van der Waals surface area contributed by atoms with Crippen molar-refractivity contribution < 1.29 is 4.74 Å². The summed E-state index contributed by atoms with van der Waals surface area (Å²) in [6.07, 6.45) is 1.47. The van der Waals surface area contributed by atoms with Gasteiger partial charge in [-0.2, -0.15) is 0 Å². The van der Waals surface area contributed by atoms with Crippen molar-refractivity contribution in [3.63, 3.8) is 0 Å². The van der Waals surface area contributed by atoms with E-state index in [0.29, 0.717) is 11.6 Å². The fourth-order valence-electron chi connectivity index (χ4n) is 2.06. The molecule has 6 nitrogen and oxygen atoms in total. The third-order valence-electron chi connectivity index (χ3n) is 3.01. The van der Waals surface area contributed by atoms with E-state index in [9.17, 15) is 0 Å². The topological polar surface area (TPSA) is 85.1 Å². The van der Waals surface area contributed by atoms with Crippen molar-refractivity contribution in [3.05, 3.63) is 34.6 Å². The maximum absolute atomic E-state index is 5.53. The lowest BCUT2D eigenvalue weighted by molar-refractivity contribution is 0.416. The highest BCUT2D eigenvalue weighted by Crippen LogP contribution is 2.34. The third-order valence-corrected chi connectivity index (χ3v) is 3.51. The molecule has 0 unspecified atom stereocenters. The van der Waals surface area contributed by atoms with Crippen LogP contribution in [0, 0.1) is 0 Å². The minimum Gasteiger partial charge on any atom is -0.495 e. The van der Waals surface area contributed by atoms with Crippen LogP contribution in [-0.2, 0) is 0 Å². The van der Waals surface area contributed by atoms with Gasteiger partial charge in [0.05, 0.1) is 12.8 Å². The molecule has 7 heteroatoms. The van der Waals surface area contributed by atoms with E-state index >= 15 is 0 Å². The van der Waals surface area contributed by atoms with Crippen molar-refractivity contribution in [1.82, 2.24) is 9.97 Å². The Bertz CT molecular complexity index is 633. The molecule has 2 rings (SSSR count). The summed E-state index contributed by atoms with van der Waals surface area (Å²) in [7, 11) is 1.63. The van der Waals surface area contributed by atoms with Crippen LogP contribution in [0.4, 0.5) is 17.3 Å². The molecule has 0 aliphatic heterocycles. The minimum atomic E-state index is 0.206. The number of halogens is 1. The number of rotatable bonds is 5. The van der Waals surface area contributed by atoms with Crippen LogP contribution >= 0.6 is 15.9 Å². The molecule has 0 atom stereocenters. The third kappa shape index (κ3) is 3.43. The van der Waals surface area contributed by atoms with Gasteiger partial charge in [-0.1, -0.05) is 29.8 Å². The molecular weight excluding hydrogens is 334 g/mol. The van der Waals surface area contributed by atoms with Crippen LogP contribution in [-0.4, -0.2) is 17.1 Å². The Balaban J connectivity index is 2.47. The number of hydrogen-bond acceptors (Lipinski definition) is 6. The van der Waals surface area contributed by atoms with Crippen molar-refractivity contribution >= 4 is 33.3 Å². The van der Waals surface area contributed by atoms with Crippen molar-refractivity contribution in [2.24, 2.45) is 5.84 Å². The number of anilines is 3. The molecule has 1 aromatic carbocycles. The summed E-state index contributed by atoms with van der Waals surface area (Å²) in [4.78, 5) is 8.47. The molecule has 2 aromatic rings. The van der Waals surface area contributed by atoms with Crippen LogP contribution < -0.4 is 21.3 Å². The SMILES string of the molecule is COc1ccc(Br)cc1Nc1ncnc(NN)c1C(C)C. The van der Waals surface area contributed by atoms with Gasteiger partial charge in [0.2, 0.25) is 0 Å². The lowest BCUT2D eigenvalue weighted by atomic mass is 10.0. The molecule has 0 saturated heterocycles. The first kappa shape index (κ1) is 15.5. The fourth-order valence-corrected chi connectivity index (χ4v) is 2.42. The summed E-state index contributed by atoms with van der Waals surface area (Å²) in [5.74, 6) is 7.77. The second kappa shape index (κ2) is 6.73. The van der Waals surface area contributed by atoms with Crippen molar-refractivity contribution in [1.29, 1.82) is 0 Å². The molecule has 112 valence electrons. The summed E-state index contributed by atoms with van der Waals surface area (Å²) in [6, 6.07) is 5.73. The number of benzene rings is 1. The number of methoxy groups -OCH3 is 1. The normalized spacial score (nSPS) is 10.6. The van der Waals surface area contributed by atoms with Gasteiger partial charge in [0.15, 0.2) is 0 Å². The Hall–Kier alpha value is -1.86. The second-order valence-corrected chi connectivity index (χ2v) is 5.67. The molecule has 0 bridgehead atoms. The zero-order chi connectivity index (χ0) is 15.4. The lowest BCUT2D eigenvalue weighted by Crippen LogP contribution is -2.14. The molecule has 0 saturated carbocycles. The van der Waals surface area contributed by atoms with Gasteiger partial charge in [-0.05, 0) is 24.1 Å². The van der Waals surface area contributed by atoms with E-state index < -0.39 is 0 Å². The maximum Gasteiger partial charge on any atom is 0.148 e. The molecule has 0 amide bonds. The van der Waals surface area contributed by atoms with E-state index in [1.165, 1.54) is 6.33 Å². The molecule has 0 aliphatic rings. The molecule has 0 spiro atoms. The number of nitrogens with one attached hydrogen (secondary N) is 2. The summed E-state index contributed by atoms with van der Waals surface area (Å²) in [5.41, 5.74) is 4.35. The standard InChI is InChI=1S/C14H18BrN5O/c1-8(2)12-13(17-7-18-14(12)20-16)19-10-6-9(15)4-5-11(10)21-3/h4-8H,16H2,1-3H3,(H2,17,18,19,20). The van der Waals surface area contributed by atoms with Crippen LogP contribution in [0.3, 0.4) is 0 Å². The number of aromatic nitrogens is 2. The molecule has 0 radical (unpaired) electrons. The van der Waals surface area contributed by atoms with E-state index in [2.05, 4.69) is 50.5 Å². The zero-order valence-corrected chi connectivity index (χ0v) is 13.7. The number of nitrogens with two attached hydrogens (primary N) is 1. The van der Waals surface area contributed by atoms with Crippen molar-refractivity contribution in [2.45, 2.75) is 19.8 Å². The van der Waals surface area contributed by atoms with Gasteiger partial charge in [-0.3, -0.25) is 0 Å². The first-order valence-electron chi connectivity index (χ1n) is 6.49. The molecule has 4 N–H and O–H groups in total. The summed E-state index contributed by atoms with van der Waals surface area (Å²) >= 11 is 3.45. The molecular formula is C14H18BrN5O. The highest BCUT2D eigenvalue weighted by Gasteiger charge is 2.16. The summed E-state index contributed by atoms with van der Waals surface area (Å²) in [6.45, 7) is 4.12. The van der Waals surface area contributed by atoms with Gasteiger partial charge in [-0.15, -0.1) is 0 Å². The predicted octanol–water partition coefficient (Wildman–Crippen LogP) is 3.40. The van der Waals surface area contributed by atoms with Crippen molar-refractivity contribution in [2.75, 3.05) is 17.9 Å². The number of hydrogen-bond donors (Lipinski definition) is 3. The summed E-state index contributed by atoms with van der Waals surface area (Å²) in [5, 5.41) is 3.29. The van der Waals surface area contributed by atoms with Gasteiger partial charge in [0.1, 0.15) is 23.7 Å². The van der Waals surface area contributed by atoms with Gasteiger partial charge < -0.3 is 15.5 Å². The van der Waals surface area contributed by atoms with Gasteiger partial charge in [0, 0.05) is 10.0 Å². The van der Waals surface area contributed by atoms with Gasteiger partial charge >= 0.3 is 0 Å². The zero-order valence-electron chi connectivity index (χ0n) is 12.1. The number of nitrogen functional groups attached to an aromatic ring is 1. The Labute approximate surface area is 132 Å². The van der Waals surface area contributed by atoms with Gasteiger partial charge in [-0.25, -0.2) is 15.8 Å². The lowest BCUT2D eigenvalue weighted by Gasteiger charge is -2.17. The van der Waals surface area contributed by atoms with E-state index in [0.717, 1.165) is 21.5 Å². The predicted molar refractivity (Wildman–Crippen MR) is 87.9 cm³/mol. The van der Waals surface area contributed by atoms with Gasteiger partial charge in [0.25, 0.3) is 0 Å². The van der Waals surface area contributed by atoms with Crippen LogP contribution in [0.2, 0.25) is 0 Å². The van der Waals surface area contributed by atoms with E-state index in [1.807, 2.05) is 18.2 Å². The number of nitrogens with zero attached hydrogens (tertiary/aromatic N) is 2. The van der Waals surface area contributed by atoms with E-state index in [1.54, 1.807) is 7.11 Å². The average molecular weight is 352 g/mol. The average Bonchev–Trinajstić information content (AvgIpc) is 2.47. The largest absolute Gasteiger partial charge is 0.495 e. The first-order chi connectivity index (χ1) is 10.1. The Morgan fingerprint density at radius 2 is 1.95 bits per heavy atom. The number of hydrazine groups is 1. The molecule has 1 aromatic heterocycles. The van der Waals surface area contributed by atoms with Crippen molar-refractivity contribution in [3.8, 4) is 5.75 Å². The molecule has 1 heterocycles. The molecule has 21 heavy (non-hydrogen) atoms. The summed E-state index contributed by atoms with van der Waals surface area (Å²) < 4.78 is 6.31. The van der Waals surface area contributed by atoms with Crippen LogP contribution in [0.25, 0.3) is 0 Å².